The van der Waals surface area contributed by atoms with E-state index in [0.29, 0.717) is 6.61 Å². The van der Waals surface area contributed by atoms with Crippen molar-refractivity contribution in [2.24, 2.45) is 0 Å². The standard InChI is InChI=1S/C14H19NO3/c1-4-18-13(16)14(15-2)8-7-10-5-6-11(17-3)9-12(10)14/h5-6,9,15H,4,7-8H2,1-3H3. The van der Waals surface area contributed by atoms with E-state index >= 15 is 0 Å². The normalized spacial score (nSPS) is 21.5. The van der Waals surface area contributed by atoms with E-state index in [1.54, 1.807) is 14.2 Å². The number of nitrogens with one attached hydrogen (secondary N) is 1. The molecule has 4 nitrogen and oxygen atoms in total. The van der Waals surface area contributed by atoms with Gasteiger partial charge in [0.25, 0.3) is 0 Å². The van der Waals surface area contributed by atoms with Crippen molar-refractivity contribution in [3.63, 3.8) is 0 Å². The van der Waals surface area contributed by atoms with Crippen molar-refractivity contribution >= 4 is 5.97 Å². The zero-order chi connectivity index (χ0) is 13.2. The van der Waals surface area contributed by atoms with Crippen LogP contribution in [0.4, 0.5) is 0 Å². The summed E-state index contributed by atoms with van der Waals surface area (Å²) in [5.74, 6) is 0.555. The number of rotatable bonds is 4. The van der Waals surface area contributed by atoms with E-state index in [-0.39, 0.29) is 5.97 Å². The number of benzene rings is 1. The van der Waals surface area contributed by atoms with E-state index in [4.69, 9.17) is 9.47 Å². The average molecular weight is 249 g/mol. The van der Waals surface area contributed by atoms with Crippen molar-refractivity contribution < 1.29 is 14.3 Å². The van der Waals surface area contributed by atoms with Gasteiger partial charge < -0.3 is 14.8 Å². The molecule has 98 valence electrons. The van der Waals surface area contributed by atoms with Crippen LogP contribution in [0, 0.1) is 0 Å². The van der Waals surface area contributed by atoms with Gasteiger partial charge in [-0.05, 0) is 50.1 Å². The lowest BCUT2D eigenvalue weighted by atomic mass is 9.92. The molecule has 0 spiro atoms. The lowest BCUT2D eigenvalue weighted by molar-refractivity contribution is -0.151. The van der Waals surface area contributed by atoms with E-state index in [0.717, 1.165) is 24.2 Å². The third-order valence-corrected chi connectivity index (χ3v) is 3.60. The molecule has 0 radical (unpaired) electrons. The van der Waals surface area contributed by atoms with Gasteiger partial charge in [0.2, 0.25) is 0 Å². The zero-order valence-electron chi connectivity index (χ0n) is 11.1. The van der Waals surface area contributed by atoms with Crippen LogP contribution < -0.4 is 10.1 Å². The van der Waals surface area contributed by atoms with Crippen molar-refractivity contribution in [3.05, 3.63) is 29.3 Å². The molecular weight excluding hydrogens is 230 g/mol. The quantitative estimate of drug-likeness (QED) is 0.824. The Morgan fingerprint density at radius 1 is 1.50 bits per heavy atom. The number of carbonyl (C=O) groups is 1. The molecule has 1 atom stereocenters. The largest absolute Gasteiger partial charge is 0.497 e. The first-order valence-electron chi connectivity index (χ1n) is 6.21. The van der Waals surface area contributed by atoms with Crippen molar-refractivity contribution in [1.82, 2.24) is 5.32 Å². The van der Waals surface area contributed by atoms with Crippen molar-refractivity contribution in [1.29, 1.82) is 0 Å². The lowest BCUT2D eigenvalue weighted by Crippen LogP contribution is -2.46. The second-order valence-electron chi connectivity index (χ2n) is 4.40. The number of hydrogen-bond acceptors (Lipinski definition) is 4. The van der Waals surface area contributed by atoms with Crippen LogP contribution in [0.3, 0.4) is 0 Å². The summed E-state index contributed by atoms with van der Waals surface area (Å²) in [6, 6.07) is 5.87. The van der Waals surface area contributed by atoms with Gasteiger partial charge in [0.1, 0.15) is 11.3 Å². The van der Waals surface area contributed by atoms with Crippen molar-refractivity contribution in [3.8, 4) is 5.75 Å². The molecule has 1 N–H and O–H groups in total. The Labute approximate surface area is 107 Å². The predicted octanol–water partition coefficient (Wildman–Crippen LogP) is 1.62. The summed E-state index contributed by atoms with van der Waals surface area (Å²) in [6.45, 7) is 2.21. The fourth-order valence-electron chi connectivity index (χ4n) is 2.58. The summed E-state index contributed by atoms with van der Waals surface area (Å²) in [5.41, 5.74) is 1.43. The molecule has 1 aromatic carbocycles. The SMILES string of the molecule is CCOC(=O)C1(NC)CCc2ccc(OC)cc21. The molecule has 0 fully saturated rings. The summed E-state index contributed by atoms with van der Waals surface area (Å²) in [5, 5.41) is 3.14. The number of fused-ring (bicyclic) bond motifs is 1. The Morgan fingerprint density at radius 2 is 2.28 bits per heavy atom. The monoisotopic (exact) mass is 249 g/mol. The van der Waals surface area contributed by atoms with Crippen LogP contribution in [-0.2, 0) is 21.5 Å². The van der Waals surface area contributed by atoms with Crippen LogP contribution in [0.15, 0.2) is 18.2 Å². The number of carbonyl (C=O) groups excluding carboxylic acids is 1. The molecule has 0 amide bonds. The van der Waals surface area contributed by atoms with E-state index in [1.165, 1.54) is 5.56 Å². The number of esters is 1. The highest BCUT2D eigenvalue weighted by Gasteiger charge is 2.45. The molecular formula is C14H19NO3. The molecule has 0 saturated heterocycles. The van der Waals surface area contributed by atoms with Crippen molar-refractivity contribution in [2.45, 2.75) is 25.3 Å². The predicted molar refractivity (Wildman–Crippen MR) is 68.7 cm³/mol. The number of likely N-dealkylation sites (N-methyl/N-ethyl adjacent to an activating group) is 1. The van der Waals surface area contributed by atoms with Crippen LogP contribution >= 0.6 is 0 Å². The first-order valence-corrected chi connectivity index (χ1v) is 6.21. The van der Waals surface area contributed by atoms with Crippen molar-refractivity contribution in [2.75, 3.05) is 20.8 Å². The van der Waals surface area contributed by atoms with Gasteiger partial charge in [-0.2, -0.15) is 0 Å². The van der Waals surface area contributed by atoms with E-state index in [2.05, 4.69) is 5.32 Å². The molecule has 0 heterocycles. The second-order valence-corrected chi connectivity index (χ2v) is 4.40. The fraction of sp³-hybridized carbons (Fsp3) is 0.500. The van der Waals surface area contributed by atoms with Gasteiger partial charge in [-0.15, -0.1) is 0 Å². The minimum absolute atomic E-state index is 0.209. The molecule has 0 bridgehead atoms. The summed E-state index contributed by atoms with van der Waals surface area (Å²) >= 11 is 0. The topological polar surface area (TPSA) is 47.6 Å². The molecule has 1 aliphatic carbocycles. The van der Waals surface area contributed by atoms with Gasteiger partial charge in [0, 0.05) is 0 Å². The summed E-state index contributed by atoms with van der Waals surface area (Å²) in [4.78, 5) is 12.2. The van der Waals surface area contributed by atoms with Crippen LogP contribution in [-0.4, -0.2) is 26.7 Å². The molecule has 1 unspecified atom stereocenters. The van der Waals surface area contributed by atoms with E-state index in [1.807, 2.05) is 25.1 Å². The first kappa shape index (κ1) is 12.9. The molecule has 1 aliphatic rings. The number of methoxy groups -OCH3 is 1. The second kappa shape index (κ2) is 4.98. The van der Waals surface area contributed by atoms with E-state index < -0.39 is 5.54 Å². The Hall–Kier alpha value is -1.55. The zero-order valence-corrected chi connectivity index (χ0v) is 11.1. The van der Waals surface area contributed by atoms with Gasteiger partial charge in [-0.1, -0.05) is 6.07 Å². The minimum Gasteiger partial charge on any atom is -0.497 e. The third-order valence-electron chi connectivity index (χ3n) is 3.60. The maximum absolute atomic E-state index is 12.2. The van der Waals surface area contributed by atoms with Gasteiger partial charge in [0.15, 0.2) is 0 Å². The van der Waals surface area contributed by atoms with Crippen LogP contribution in [0.5, 0.6) is 5.75 Å². The highest BCUT2D eigenvalue weighted by atomic mass is 16.5. The Bertz CT molecular complexity index is 458. The highest BCUT2D eigenvalue weighted by molar-refractivity contribution is 5.84. The molecule has 0 aromatic heterocycles. The summed E-state index contributed by atoms with van der Waals surface area (Å²) in [7, 11) is 3.42. The molecule has 2 rings (SSSR count). The molecule has 0 saturated carbocycles. The summed E-state index contributed by atoms with van der Waals surface area (Å²) < 4.78 is 10.4. The highest BCUT2D eigenvalue weighted by Crippen LogP contribution is 2.39. The maximum atomic E-state index is 12.2. The van der Waals surface area contributed by atoms with Crippen LogP contribution in [0.1, 0.15) is 24.5 Å². The average Bonchev–Trinajstić information content (AvgIpc) is 2.78. The smallest absolute Gasteiger partial charge is 0.331 e. The van der Waals surface area contributed by atoms with Crippen LogP contribution in [0.25, 0.3) is 0 Å². The molecule has 4 heteroatoms. The number of aryl methyl sites for hydroxylation is 1. The minimum atomic E-state index is -0.722. The number of ether oxygens (including phenoxy) is 2. The Morgan fingerprint density at radius 3 is 2.89 bits per heavy atom. The third kappa shape index (κ3) is 1.86. The molecule has 0 aliphatic heterocycles. The molecule has 18 heavy (non-hydrogen) atoms. The fourth-order valence-corrected chi connectivity index (χ4v) is 2.58. The van der Waals surface area contributed by atoms with Gasteiger partial charge >= 0.3 is 5.97 Å². The lowest BCUT2D eigenvalue weighted by Gasteiger charge is -2.27. The Balaban J connectivity index is 2.45. The van der Waals surface area contributed by atoms with E-state index in [9.17, 15) is 4.79 Å². The van der Waals surface area contributed by atoms with Gasteiger partial charge in [-0.25, -0.2) is 4.79 Å². The summed E-state index contributed by atoms with van der Waals surface area (Å²) in [6.07, 6.45) is 1.60. The first-order chi connectivity index (χ1) is 8.67. The van der Waals surface area contributed by atoms with Gasteiger partial charge in [0.05, 0.1) is 13.7 Å². The number of hydrogen-bond donors (Lipinski definition) is 1. The Kier molecular flexibility index (Phi) is 3.57. The maximum Gasteiger partial charge on any atom is 0.331 e. The van der Waals surface area contributed by atoms with Crippen LogP contribution in [0.2, 0.25) is 0 Å². The molecule has 1 aromatic rings. The van der Waals surface area contributed by atoms with Gasteiger partial charge in [-0.3, -0.25) is 0 Å².